The molecule has 7 atom stereocenters. The first kappa shape index (κ1) is 27.5. The number of amides is 4. The van der Waals surface area contributed by atoms with Gasteiger partial charge in [0.25, 0.3) is 0 Å². The molecule has 0 spiro atoms. The second-order valence-electron chi connectivity index (χ2n) is 13.7. The van der Waals surface area contributed by atoms with Crippen molar-refractivity contribution in [2.45, 2.75) is 6.42 Å². The Kier molecular flexibility index (Phi) is 5.69. The summed E-state index contributed by atoms with van der Waals surface area (Å²) in [7, 11) is 0. The van der Waals surface area contributed by atoms with Gasteiger partial charge in [-0.3, -0.25) is 19.2 Å². The van der Waals surface area contributed by atoms with Crippen LogP contribution in [0.2, 0.25) is 0 Å². The van der Waals surface area contributed by atoms with E-state index in [-0.39, 0.29) is 41.4 Å². The Balaban J connectivity index is 1.14. The molecule has 2 heterocycles. The second kappa shape index (κ2) is 9.94. The zero-order chi connectivity index (χ0) is 32.3. The molecule has 6 aliphatic rings. The normalized spacial score (nSPS) is 28.9. The zero-order valence-corrected chi connectivity index (χ0v) is 25.9. The van der Waals surface area contributed by atoms with Gasteiger partial charge in [-0.25, -0.2) is 9.80 Å². The van der Waals surface area contributed by atoms with Crippen LogP contribution >= 0.6 is 0 Å². The summed E-state index contributed by atoms with van der Waals surface area (Å²) in [5, 5.41) is 3.62. The highest BCUT2D eigenvalue weighted by atomic mass is 16.2. The number of anilines is 2. The van der Waals surface area contributed by atoms with Gasteiger partial charge in [-0.1, -0.05) is 121 Å². The molecule has 0 unspecified atom stereocenters. The van der Waals surface area contributed by atoms with Gasteiger partial charge in [0, 0.05) is 22.6 Å². The molecule has 5 aromatic rings. The summed E-state index contributed by atoms with van der Waals surface area (Å²) in [6.45, 7) is 0. The molecule has 3 fully saturated rings. The van der Waals surface area contributed by atoms with E-state index in [4.69, 9.17) is 0 Å². The zero-order valence-electron chi connectivity index (χ0n) is 25.9. The minimum atomic E-state index is -0.619. The molecule has 48 heavy (non-hydrogen) atoms. The molecule has 232 valence electrons. The summed E-state index contributed by atoms with van der Waals surface area (Å²) in [5.41, 5.74) is 4.29. The van der Waals surface area contributed by atoms with Gasteiger partial charge in [-0.15, -0.1) is 0 Å². The Bertz CT molecular complexity index is 2310. The summed E-state index contributed by atoms with van der Waals surface area (Å²) >= 11 is 0. The minimum absolute atomic E-state index is 0.188. The van der Waals surface area contributed by atoms with Gasteiger partial charge < -0.3 is 0 Å². The van der Waals surface area contributed by atoms with Crippen LogP contribution in [-0.2, 0) is 19.2 Å². The second-order valence-corrected chi connectivity index (χ2v) is 13.7. The van der Waals surface area contributed by atoms with Gasteiger partial charge >= 0.3 is 0 Å². The molecule has 2 aliphatic heterocycles. The van der Waals surface area contributed by atoms with Crippen molar-refractivity contribution in [1.82, 2.24) is 0 Å². The van der Waals surface area contributed by atoms with Gasteiger partial charge in [0.05, 0.1) is 35.0 Å². The molecule has 0 aromatic heterocycles. The lowest BCUT2D eigenvalue weighted by molar-refractivity contribution is -0.129. The molecule has 0 N–H and O–H groups in total. The van der Waals surface area contributed by atoms with Crippen LogP contribution in [0.15, 0.2) is 133 Å². The smallest absolute Gasteiger partial charge is 0.238 e. The number of hydrogen-bond donors (Lipinski definition) is 0. The highest BCUT2D eigenvalue weighted by Crippen LogP contribution is 2.63. The maximum Gasteiger partial charge on any atom is 0.238 e. The molecule has 6 nitrogen and oxygen atoms in total. The van der Waals surface area contributed by atoms with Crippen LogP contribution in [-0.4, -0.2) is 23.6 Å². The molecule has 2 bridgehead atoms. The minimum Gasteiger partial charge on any atom is -0.274 e. The molecule has 2 saturated heterocycles. The molecule has 6 heteroatoms. The summed E-state index contributed by atoms with van der Waals surface area (Å²) in [6.07, 6.45) is 4.58. The van der Waals surface area contributed by atoms with Gasteiger partial charge in [0.1, 0.15) is 0 Å². The van der Waals surface area contributed by atoms with E-state index in [1.54, 1.807) is 0 Å². The number of allylic oxidation sites excluding steroid dienone is 4. The Hall–Kier alpha value is -5.62. The highest BCUT2D eigenvalue weighted by molar-refractivity contribution is 6.27. The summed E-state index contributed by atoms with van der Waals surface area (Å²) < 4.78 is 0. The van der Waals surface area contributed by atoms with E-state index in [0.717, 1.165) is 38.3 Å². The van der Waals surface area contributed by atoms with Crippen LogP contribution in [0.5, 0.6) is 0 Å². The number of benzene rings is 5. The van der Waals surface area contributed by atoms with Crippen molar-refractivity contribution >= 4 is 62.1 Å². The van der Waals surface area contributed by atoms with Crippen molar-refractivity contribution in [3.05, 3.63) is 139 Å². The van der Waals surface area contributed by atoms with Crippen molar-refractivity contribution in [2.24, 2.45) is 41.4 Å². The standard InChI is InChI=1S/C42H30N2O4/c45-39-31-22-30(25-10-2-1-3-11-25)34-28-20-21-29(35(34)38(31)42(48)43(39)32-18-8-14-23-12-4-6-16-26(23)32)37-36(28)40(46)44(41(37)47)33-19-9-15-24-13-5-7-17-27(24)33/h1-21,28-29,31,35-38H,22H2/t28-,29-,31-,35+,36-,37-,38+/m1/s1. The van der Waals surface area contributed by atoms with Crippen LogP contribution in [0.25, 0.3) is 27.1 Å². The van der Waals surface area contributed by atoms with Crippen LogP contribution in [0.4, 0.5) is 11.4 Å². The molecule has 0 radical (unpaired) electrons. The maximum absolute atomic E-state index is 14.7. The van der Waals surface area contributed by atoms with Crippen molar-refractivity contribution < 1.29 is 19.2 Å². The van der Waals surface area contributed by atoms with Crippen molar-refractivity contribution in [3.8, 4) is 0 Å². The van der Waals surface area contributed by atoms with Gasteiger partial charge in [-0.2, -0.15) is 0 Å². The third-order valence-corrected chi connectivity index (χ3v) is 11.6. The fourth-order valence-corrected chi connectivity index (χ4v) is 9.80. The number of rotatable bonds is 3. The lowest BCUT2D eigenvalue weighted by atomic mass is 9.49. The monoisotopic (exact) mass is 626 g/mol. The van der Waals surface area contributed by atoms with Gasteiger partial charge in [0.2, 0.25) is 23.6 Å². The number of carbonyl (C=O) groups excluding carboxylic acids is 4. The molecule has 11 rings (SSSR count). The number of carbonyl (C=O) groups is 4. The van der Waals surface area contributed by atoms with E-state index in [1.807, 2.05) is 103 Å². The lowest BCUT2D eigenvalue weighted by Crippen LogP contribution is -2.51. The van der Waals surface area contributed by atoms with E-state index >= 15 is 0 Å². The van der Waals surface area contributed by atoms with E-state index in [0.29, 0.717) is 17.8 Å². The Labute approximate surface area is 277 Å². The number of nitrogens with zero attached hydrogens (tertiary/aromatic N) is 2. The average Bonchev–Trinajstić information content (AvgIpc) is 3.56. The third-order valence-electron chi connectivity index (χ3n) is 11.6. The van der Waals surface area contributed by atoms with Crippen molar-refractivity contribution in [3.63, 3.8) is 0 Å². The first-order valence-corrected chi connectivity index (χ1v) is 16.7. The van der Waals surface area contributed by atoms with E-state index < -0.39 is 23.7 Å². The van der Waals surface area contributed by atoms with Gasteiger partial charge in [0.15, 0.2) is 0 Å². The van der Waals surface area contributed by atoms with Crippen LogP contribution in [0.3, 0.4) is 0 Å². The Morgan fingerprint density at radius 1 is 0.479 bits per heavy atom. The molecular formula is C42H30N2O4. The van der Waals surface area contributed by atoms with Gasteiger partial charge in [-0.05, 0) is 46.4 Å². The average molecular weight is 627 g/mol. The van der Waals surface area contributed by atoms with E-state index in [2.05, 4.69) is 24.3 Å². The fourth-order valence-electron chi connectivity index (χ4n) is 9.80. The lowest BCUT2D eigenvalue weighted by Gasteiger charge is -2.51. The summed E-state index contributed by atoms with van der Waals surface area (Å²) in [4.78, 5) is 61.2. The maximum atomic E-state index is 14.7. The fraction of sp³-hybridized carbons (Fsp3) is 0.190. The Morgan fingerprint density at radius 2 is 1.02 bits per heavy atom. The first-order valence-electron chi connectivity index (χ1n) is 16.7. The van der Waals surface area contributed by atoms with E-state index in [1.165, 1.54) is 9.80 Å². The van der Waals surface area contributed by atoms with Crippen molar-refractivity contribution in [2.75, 3.05) is 9.80 Å². The quantitative estimate of drug-likeness (QED) is 0.157. The number of imide groups is 2. The van der Waals surface area contributed by atoms with Crippen LogP contribution < -0.4 is 9.80 Å². The summed E-state index contributed by atoms with van der Waals surface area (Å²) in [6, 6.07) is 37.1. The third kappa shape index (κ3) is 3.52. The molecule has 4 amide bonds. The predicted octanol–water partition coefficient (Wildman–Crippen LogP) is 7.19. The molecule has 5 aromatic carbocycles. The molecular weight excluding hydrogens is 596 g/mol. The van der Waals surface area contributed by atoms with Crippen LogP contribution in [0.1, 0.15) is 12.0 Å². The number of fused-ring (bicyclic) bond motifs is 3. The largest absolute Gasteiger partial charge is 0.274 e. The topological polar surface area (TPSA) is 74.8 Å². The van der Waals surface area contributed by atoms with Crippen molar-refractivity contribution in [1.29, 1.82) is 0 Å². The van der Waals surface area contributed by atoms with E-state index in [9.17, 15) is 19.2 Å². The highest BCUT2D eigenvalue weighted by Gasteiger charge is 2.67. The SMILES string of the molecule is O=C1[C@@H]2[C@@H]3C=C[C@H](C4=C(c5ccccc5)C[C@H]5C(=O)N(c6cccc7ccccc67)C(=O)[C@@H]5[C@H]43)[C@H]2C(=O)N1c1cccc2ccccc12. The summed E-state index contributed by atoms with van der Waals surface area (Å²) in [5.74, 6) is -4.25. The Morgan fingerprint density at radius 3 is 1.69 bits per heavy atom. The predicted molar refractivity (Wildman–Crippen MR) is 184 cm³/mol. The molecule has 1 saturated carbocycles. The van der Waals surface area contributed by atoms with Crippen LogP contribution in [0, 0.1) is 41.4 Å². The first-order chi connectivity index (χ1) is 23.5. The number of hydrogen-bond acceptors (Lipinski definition) is 4. The molecule has 4 aliphatic carbocycles.